The van der Waals surface area contributed by atoms with Gasteiger partial charge in [0, 0.05) is 19.5 Å². The SMILES string of the molecule is NCCCC[C@H](NC(=O)[C@@H]1CCCN1C(=O)[C@H](CCCCN)NC(=O)[C@H](Cc1ccc(O)cc1)NC(=O)[C@@H]1CCCN1C(=O)[C@@H](N)CCCCN)C(=O)O. The molecule has 2 aliphatic heterocycles. The van der Waals surface area contributed by atoms with E-state index in [1.165, 1.54) is 21.9 Å². The van der Waals surface area contributed by atoms with Crippen LogP contribution < -0.4 is 38.9 Å². The number of benzene rings is 1. The number of aromatic hydroxyl groups is 1. The number of carbonyl (C=O) groups is 6. The molecule has 302 valence electrons. The molecular formula is C37H61N9O8. The van der Waals surface area contributed by atoms with E-state index in [1.807, 2.05) is 0 Å². The number of nitrogens with zero attached hydrogens (tertiary/aromatic N) is 2. The Morgan fingerprint density at radius 2 is 1.15 bits per heavy atom. The summed E-state index contributed by atoms with van der Waals surface area (Å²) in [6, 6.07) is 0.203. The first-order valence-electron chi connectivity index (χ1n) is 19.3. The Balaban J connectivity index is 1.81. The highest BCUT2D eigenvalue weighted by Gasteiger charge is 2.41. The number of phenolic OH excluding ortho intramolecular Hbond substituents is 1. The molecule has 6 atom stereocenters. The van der Waals surface area contributed by atoms with Crippen molar-refractivity contribution in [2.45, 2.75) is 126 Å². The van der Waals surface area contributed by atoms with E-state index in [9.17, 15) is 39.0 Å². The topological polar surface area (TPSA) is 290 Å². The van der Waals surface area contributed by atoms with Crippen molar-refractivity contribution in [3.05, 3.63) is 29.8 Å². The molecule has 0 radical (unpaired) electrons. The van der Waals surface area contributed by atoms with Crippen molar-refractivity contribution in [2.75, 3.05) is 32.7 Å². The van der Waals surface area contributed by atoms with Gasteiger partial charge in [0.25, 0.3) is 0 Å². The van der Waals surface area contributed by atoms with Crippen LogP contribution in [0.25, 0.3) is 0 Å². The lowest BCUT2D eigenvalue weighted by atomic mass is 10.0. The van der Waals surface area contributed by atoms with Crippen LogP contribution in [0.4, 0.5) is 0 Å². The summed E-state index contributed by atoms with van der Waals surface area (Å²) in [4.78, 5) is 83.4. The van der Waals surface area contributed by atoms with Gasteiger partial charge in [-0.25, -0.2) is 4.79 Å². The number of phenols is 1. The molecule has 2 aliphatic rings. The van der Waals surface area contributed by atoms with Crippen molar-refractivity contribution in [2.24, 2.45) is 22.9 Å². The van der Waals surface area contributed by atoms with Crippen LogP contribution in [-0.2, 0) is 35.2 Å². The number of amides is 5. The molecule has 13 N–H and O–H groups in total. The van der Waals surface area contributed by atoms with Crippen molar-refractivity contribution < 1.29 is 39.0 Å². The van der Waals surface area contributed by atoms with Gasteiger partial charge in [0.15, 0.2) is 0 Å². The summed E-state index contributed by atoms with van der Waals surface area (Å²) >= 11 is 0. The van der Waals surface area contributed by atoms with Crippen LogP contribution in [0.2, 0.25) is 0 Å². The normalized spacial score (nSPS) is 19.1. The fourth-order valence-corrected chi connectivity index (χ4v) is 7.04. The van der Waals surface area contributed by atoms with E-state index in [-0.39, 0.29) is 37.5 Å². The first-order chi connectivity index (χ1) is 25.9. The van der Waals surface area contributed by atoms with Gasteiger partial charge < -0.3 is 58.9 Å². The van der Waals surface area contributed by atoms with Crippen molar-refractivity contribution in [3.8, 4) is 5.75 Å². The zero-order chi connectivity index (χ0) is 39.6. The minimum absolute atomic E-state index is 0.0102. The van der Waals surface area contributed by atoms with E-state index in [2.05, 4.69) is 16.0 Å². The number of aliphatic carboxylic acids is 1. The highest BCUT2D eigenvalue weighted by Crippen LogP contribution is 2.22. The first kappa shape index (κ1) is 44.1. The monoisotopic (exact) mass is 759 g/mol. The molecule has 17 nitrogen and oxygen atoms in total. The van der Waals surface area contributed by atoms with Crippen molar-refractivity contribution >= 4 is 35.5 Å². The molecule has 5 amide bonds. The van der Waals surface area contributed by atoms with Gasteiger partial charge in [0.05, 0.1) is 6.04 Å². The van der Waals surface area contributed by atoms with Crippen LogP contribution in [0.5, 0.6) is 5.75 Å². The minimum Gasteiger partial charge on any atom is -0.508 e. The van der Waals surface area contributed by atoms with Crippen molar-refractivity contribution in [3.63, 3.8) is 0 Å². The summed E-state index contributed by atoms with van der Waals surface area (Å²) in [7, 11) is 0. The number of rotatable bonds is 23. The average Bonchev–Trinajstić information content (AvgIpc) is 3.85. The summed E-state index contributed by atoms with van der Waals surface area (Å²) in [5.74, 6) is -3.77. The van der Waals surface area contributed by atoms with Gasteiger partial charge in [0.1, 0.15) is 36.0 Å². The summed E-state index contributed by atoms with van der Waals surface area (Å²) in [5, 5.41) is 27.8. The Hall–Kier alpha value is -4.32. The largest absolute Gasteiger partial charge is 0.508 e. The quantitative estimate of drug-likeness (QED) is 0.0618. The van der Waals surface area contributed by atoms with Crippen LogP contribution in [0, 0.1) is 0 Å². The molecule has 0 saturated carbocycles. The van der Waals surface area contributed by atoms with Crippen LogP contribution in [0.3, 0.4) is 0 Å². The molecule has 0 aliphatic carbocycles. The predicted octanol–water partition coefficient (Wildman–Crippen LogP) is -0.830. The molecular weight excluding hydrogens is 698 g/mol. The minimum atomic E-state index is -1.18. The summed E-state index contributed by atoms with van der Waals surface area (Å²) in [5.41, 5.74) is 23.7. The number of carboxylic acids is 1. The number of hydrogen-bond donors (Lipinski definition) is 9. The maximum atomic E-state index is 14.1. The molecule has 1 aromatic carbocycles. The number of likely N-dealkylation sites (tertiary alicyclic amines) is 2. The molecule has 0 spiro atoms. The molecule has 17 heteroatoms. The van der Waals surface area contributed by atoms with Gasteiger partial charge in [-0.2, -0.15) is 0 Å². The maximum absolute atomic E-state index is 14.1. The Kier molecular flexibility index (Phi) is 18.6. The number of hydrogen-bond acceptors (Lipinski definition) is 11. The van der Waals surface area contributed by atoms with Crippen molar-refractivity contribution in [1.82, 2.24) is 25.8 Å². The lowest BCUT2D eigenvalue weighted by Crippen LogP contribution is -2.59. The van der Waals surface area contributed by atoms with Crippen LogP contribution in [0.1, 0.15) is 89.0 Å². The fourth-order valence-electron chi connectivity index (χ4n) is 7.04. The highest BCUT2D eigenvalue weighted by molar-refractivity contribution is 5.96. The second-order valence-electron chi connectivity index (χ2n) is 14.2. The zero-order valence-electron chi connectivity index (χ0n) is 31.3. The molecule has 0 bridgehead atoms. The van der Waals surface area contributed by atoms with Gasteiger partial charge in [-0.1, -0.05) is 18.6 Å². The molecule has 0 aromatic heterocycles. The number of nitrogens with two attached hydrogens (primary N) is 4. The summed E-state index contributed by atoms with van der Waals surface area (Å²) in [6.07, 6.45) is 6.20. The second-order valence-corrected chi connectivity index (χ2v) is 14.2. The van der Waals surface area contributed by atoms with Gasteiger partial charge in [-0.15, -0.1) is 0 Å². The number of nitrogens with one attached hydrogen (secondary N) is 3. The summed E-state index contributed by atoms with van der Waals surface area (Å²) < 4.78 is 0. The van der Waals surface area contributed by atoms with Gasteiger partial charge in [0.2, 0.25) is 29.5 Å². The van der Waals surface area contributed by atoms with Crippen LogP contribution in [0.15, 0.2) is 24.3 Å². The fraction of sp³-hybridized carbons (Fsp3) is 0.676. The van der Waals surface area contributed by atoms with E-state index < -0.39 is 65.8 Å². The van der Waals surface area contributed by atoms with Gasteiger partial charge in [-0.05, 0) is 114 Å². The van der Waals surface area contributed by atoms with E-state index in [0.717, 1.165) is 6.42 Å². The lowest BCUT2D eigenvalue weighted by Gasteiger charge is -2.31. The zero-order valence-corrected chi connectivity index (χ0v) is 31.3. The number of unbranched alkanes of at least 4 members (excludes halogenated alkanes) is 3. The standard InChI is InChI=1S/C37H61N9O8/c38-18-4-1-9-26(41)35(51)45-21-7-12-30(45)34(50)44-29(23-24-14-16-25(47)17-15-24)32(48)42-27(10-2-5-19-39)36(52)46-22-8-13-31(46)33(49)43-28(37(53)54)11-3-6-20-40/h14-17,26-31,47H,1-13,18-23,38-41H2,(H,42,48)(H,43,49)(H,44,50)(H,53,54)/t26-,27-,28-,29-,30-,31-/m0/s1. The Morgan fingerprint density at radius 1 is 0.667 bits per heavy atom. The molecule has 2 fully saturated rings. The molecule has 3 rings (SSSR count). The lowest BCUT2D eigenvalue weighted by molar-refractivity contribution is -0.145. The molecule has 2 heterocycles. The number of carboxylic acid groups (broad SMARTS) is 1. The molecule has 0 unspecified atom stereocenters. The van der Waals surface area contributed by atoms with Gasteiger partial charge >= 0.3 is 5.97 Å². The third-order valence-corrected chi connectivity index (χ3v) is 10.1. The number of carbonyl (C=O) groups excluding carboxylic acids is 5. The van der Waals surface area contributed by atoms with Crippen molar-refractivity contribution in [1.29, 1.82) is 0 Å². The van der Waals surface area contributed by atoms with E-state index in [1.54, 1.807) is 12.1 Å². The Labute approximate surface area is 317 Å². The predicted molar refractivity (Wildman–Crippen MR) is 201 cm³/mol. The Bertz CT molecular complexity index is 1400. The summed E-state index contributed by atoms with van der Waals surface area (Å²) in [6.45, 7) is 1.82. The average molecular weight is 760 g/mol. The van der Waals surface area contributed by atoms with Gasteiger partial charge in [-0.3, -0.25) is 24.0 Å². The molecule has 2 saturated heterocycles. The smallest absolute Gasteiger partial charge is 0.326 e. The van der Waals surface area contributed by atoms with E-state index >= 15 is 0 Å². The third kappa shape index (κ3) is 13.2. The van der Waals surface area contributed by atoms with E-state index in [4.69, 9.17) is 22.9 Å². The second kappa shape index (κ2) is 22.8. The molecule has 1 aromatic rings. The first-order valence-corrected chi connectivity index (χ1v) is 19.3. The van der Waals surface area contributed by atoms with Crippen LogP contribution in [-0.4, -0.2) is 124 Å². The third-order valence-electron chi connectivity index (χ3n) is 10.1. The van der Waals surface area contributed by atoms with E-state index in [0.29, 0.717) is 96.0 Å². The Morgan fingerprint density at radius 3 is 1.67 bits per heavy atom. The highest BCUT2D eigenvalue weighted by atomic mass is 16.4. The van der Waals surface area contributed by atoms with Crippen LogP contribution >= 0.6 is 0 Å². The maximum Gasteiger partial charge on any atom is 0.326 e. The molecule has 54 heavy (non-hydrogen) atoms.